The molecular weight excluding hydrogens is 186 g/mol. The highest BCUT2D eigenvalue weighted by atomic mass is 14.9. The van der Waals surface area contributed by atoms with Gasteiger partial charge in [0.15, 0.2) is 0 Å². The molecule has 1 unspecified atom stereocenters. The van der Waals surface area contributed by atoms with Crippen LogP contribution < -0.4 is 11.1 Å². The number of pyridine rings is 1. The van der Waals surface area contributed by atoms with Crippen molar-refractivity contribution in [2.75, 3.05) is 12.3 Å². The first kappa shape index (κ1) is 10.4. The first-order chi connectivity index (χ1) is 7.24. The van der Waals surface area contributed by atoms with Crippen LogP contribution in [-0.4, -0.2) is 11.5 Å². The summed E-state index contributed by atoms with van der Waals surface area (Å²) in [7, 11) is 0. The van der Waals surface area contributed by atoms with Crippen molar-refractivity contribution in [1.29, 1.82) is 0 Å². The van der Waals surface area contributed by atoms with Crippen molar-refractivity contribution in [3.05, 3.63) is 23.4 Å². The SMILES string of the molecule is CCNC(c1c(C)ccnc1N)C1CC1. The van der Waals surface area contributed by atoms with E-state index < -0.39 is 0 Å². The Balaban J connectivity index is 2.31. The lowest BCUT2D eigenvalue weighted by Crippen LogP contribution is -2.24. The Morgan fingerprint density at radius 3 is 2.87 bits per heavy atom. The van der Waals surface area contributed by atoms with Crippen LogP contribution in [0.5, 0.6) is 0 Å². The summed E-state index contributed by atoms with van der Waals surface area (Å²) in [5, 5.41) is 3.52. The standard InChI is InChI=1S/C12H19N3/c1-3-14-11(9-4-5-9)10-8(2)6-7-15-12(10)13/h6-7,9,11,14H,3-5H2,1-2H3,(H2,13,15). The molecule has 0 amide bonds. The highest BCUT2D eigenvalue weighted by Gasteiger charge is 2.33. The summed E-state index contributed by atoms with van der Waals surface area (Å²) in [5.74, 6) is 1.45. The number of rotatable bonds is 4. The van der Waals surface area contributed by atoms with E-state index in [1.165, 1.54) is 24.0 Å². The maximum atomic E-state index is 5.97. The van der Waals surface area contributed by atoms with Crippen LogP contribution in [-0.2, 0) is 0 Å². The van der Waals surface area contributed by atoms with Crippen LogP contribution in [0.2, 0.25) is 0 Å². The number of aromatic nitrogens is 1. The van der Waals surface area contributed by atoms with Crippen molar-refractivity contribution in [3.63, 3.8) is 0 Å². The van der Waals surface area contributed by atoms with Crippen molar-refractivity contribution in [2.24, 2.45) is 5.92 Å². The van der Waals surface area contributed by atoms with E-state index in [1.807, 2.05) is 6.07 Å². The van der Waals surface area contributed by atoms with Gasteiger partial charge in [0.25, 0.3) is 0 Å². The summed E-state index contributed by atoms with van der Waals surface area (Å²) in [4.78, 5) is 4.19. The van der Waals surface area contributed by atoms with E-state index in [4.69, 9.17) is 5.73 Å². The van der Waals surface area contributed by atoms with E-state index in [1.54, 1.807) is 6.20 Å². The zero-order chi connectivity index (χ0) is 10.8. The van der Waals surface area contributed by atoms with Gasteiger partial charge in [-0.15, -0.1) is 0 Å². The van der Waals surface area contributed by atoms with Crippen LogP contribution in [0.1, 0.15) is 36.9 Å². The fraction of sp³-hybridized carbons (Fsp3) is 0.583. The van der Waals surface area contributed by atoms with Gasteiger partial charge in [0.2, 0.25) is 0 Å². The molecule has 1 heterocycles. The van der Waals surface area contributed by atoms with Crippen molar-refractivity contribution in [2.45, 2.75) is 32.7 Å². The molecule has 0 bridgehead atoms. The molecule has 3 N–H and O–H groups in total. The minimum Gasteiger partial charge on any atom is -0.383 e. The Bertz CT molecular complexity index is 324. The number of aryl methyl sites for hydroxylation is 1. The number of hydrogen-bond acceptors (Lipinski definition) is 3. The Labute approximate surface area is 91.1 Å². The van der Waals surface area contributed by atoms with Crippen molar-refractivity contribution in [1.82, 2.24) is 10.3 Å². The molecule has 0 aliphatic heterocycles. The topological polar surface area (TPSA) is 50.9 Å². The van der Waals surface area contributed by atoms with Crippen molar-refractivity contribution < 1.29 is 0 Å². The summed E-state index contributed by atoms with van der Waals surface area (Å²) in [6, 6.07) is 2.45. The Morgan fingerprint density at radius 2 is 2.33 bits per heavy atom. The molecule has 3 nitrogen and oxygen atoms in total. The summed E-state index contributed by atoms with van der Waals surface area (Å²) in [6.07, 6.45) is 4.40. The molecule has 82 valence electrons. The minimum atomic E-state index is 0.406. The fourth-order valence-electron chi connectivity index (χ4n) is 2.15. The van der Waals surface area contributed by atoms with Crippen LogP contribution in [0, 0.1) is 12.8 Å². The summed E-state index contributed by atoms with van der Waals surface area (Å²) in [6.45, 7) is 5.23. The zero-order valence-electron chi connectivity index (χ0n) is 9.46. The number of hydrogen-bond donors (Lipinski definition) is 2. The predicted molar refractivity (Wildman–Crippen MR) is 62.5 cm³/mol. The lowest BCUT2D eigenvalue weighted by atomic mass is 9.98. The van der Waals surface area contributed by atoms with Gasteiger partial charge in [-0.25, -0.2) is 4.98 Å². The molecule has 1 fully saturated rings. The van der Waals surface area contributed by atoms with Crippen LogP contribution >= 0.6 is 0 Å². The van der Waals surface area contributed by atoms with E-state index >= 15 is 0 Å². The number of nitrogen functional groups attached to an aromatic ring is 1. The molecule has 3 heteroatoms. The first-order valence-corrected chi connectivity index (χ1v) is 5.68. The third kappa shape index (κ3) is 2.12. The van der Waals surface area contributed by atoms with E-state index in [2.05, 4.69) is 24.1 Å². The molecule has 1 aliphatic rings. The summed E-state index contributed by atoms with van der Waals surface area (Å²) < 4.78 is 0. The molecule has 15 heavy (non-hydrogen) atoms. The maximum Gasteiger partial charge on any atom is 0.128 e. The second kappa shape index (κ2) is 4.19. The van der Waals surface area contributed by atoms with Crippen LogP contribution in [0.3, 0.4) is 0 Å². The molecule has 0 saturated heterocycles. The second-order valence-electron chi connectivity index (χ2n) is 4.30. The van der Waals surface area contributed by atoms with Gasteiger partial charge in [-0.05, 0) is 43.9 Å². The lowest BCUT2D eigenvalue weighted by Gasteiger charge is -2.20. The molecule has 1 atom stereocenters. The number of nitrogens with zero attached hydrogens (tertiary/aromatic N) is 1. The van der Waals surface area contributed by atoms with Crippen LogP contribution in [0.15, 0.2) is 12.3 Å². The Kier molecular flexibility index (Phi) is 2.91. The average Bonchev–Trinajstić information content (AvgIpc) is 2.99. The molecule has 0 spiro atoms. The van der Waals surface area contributed by atoms with E-state index in [-0.39, 0.29) is 0 Å². The molecule has 1 aromatic rings. The monoisotopic (exact) mass is 205 g/mol. The minimum absolute atomic E-state index is 0.406. The summed E-state index contributed by atoms with van der Waals surface area (Å²) >= 11 is 0. The van der Waals surface area contributed by atoms with Gasteiger partial charge in [0.05, 0.1) is 0 Å². The highest BCUT2D eigenvalue weighted by molar-refractivity contribution is 5.46. The van der Waals surface area contributed by atoms with Gasteiger partial charge < -0.3 is 11.1 Å². The normalized spacial score (nSPS) is 17.7. The Morgan fingerprint density at radius 1 is 1.60 bits per heavy atom. The zero-order valence-corrected chi connectivity index (χ0v) is 9.46. The first-order valence-electron chi connectivity index (χ1n) is 5.68. The Hall–Kier alpha value is -1.09. The van der Waals surface area contributed by atoms with Crippen molar-refractivity contribution in [3.8, 4) is 0 Å². The van der Waals surface area contributed by atoms with Gasteiger partial charge in [0.1, 0.15) is 5.82 Å². The molecule has 0 radical (unpaired) electrons. The third-order valence-corrected chi connectivity index (χ3v) is 3.07. The third-order valence-electron chi connectivity index (χ3n) is 3.07. The van der Waals surface area contributed by atoms with Crippen LogP contribution in [0.25, 0.3) is 0 Å². The van der Waals surface area contributed by atoms with E-state index in [0.717, 1.165) is 12.5 Å². The van der Waals surface area contributed by atoms with Gasteiger partial charge >= 0.3 is 0 Å². The summed E-state index contributed by atoms with van der Waals surface area (Å²) in [5.41, 5.74) is 8.43. The fourth-order valence-corrected chi connectivity index (χ4v) is 2.15. The van der Waals surface area contributed by atoms with Gasteiger partial charge in [0, 0.05) is 17.8 Å². The van der Waals surface area contributed by atoms with E-state index in [0.29, 0.717) is 11.9 Å². The molecule has 1 saturated carbocycles. The molecule has 0 aromatic carbocycles. The molecule has 2 rings (SSSR count). The second-order valence-corrected chi connectivity index (χ2v) is 4.30. The van der Waals surface area contributed by atoms with Crippen LogP contribution in [0.4, 0.5) is 5.82 Å². The number of nitrogens with two attached hydrogens (primary N) is 1. The number of nitrogens with one attached hydrogen (secondary N) is 1. The average molecular weight is 205 g/mol. The highest BCUT2D eigenvalue weighted by Crippen LogP contribution is 2.43. The largest absolute Gasteiger partial charge is 0.383 e. The molecular formula is C12H19N3. The smallest absolute Gasteiger partial charge is 0.128 e. The predicted octanol–water partition coefficient (Wildman–Crippen LogP) is 2.03. The van der Waals surface area contributed by atoms with E-state index in [9.17, 15) is 0 Å². The van der Waals surface area contributed by atoms with Gasteiger partial charge in [-0.3, -0.25) is 0 Å². The quantitative estimate of drug-likeness (QED) is 0.790. The van der Waals surface area contributed by atoms with Crippen molar-refractivity contribution >= 4 is 5.82 Å². The lowest BCUT2D eigenvalue weighted by molar-refractivity contribution is 0.494. The molecule has 1 aliphatic carbocycles. The number of anilines is 1. The molecule has 1 aromatic heterocycles. The maximum absolute atomic E-state index is 5.97. The van der Waals surface area contributed by atoms with Gasteiger partial charge in [-0.1, -0.05) is 6.92 Å². The van der Waals surface area contributed by atoms with Gasteiger partial charge in [-0.2, -0.15) is 0 Å².